The fourth-order valence-corrected chi connectivity index (χ4v) is 2.61. The van der Waals surface area contributed by atoms with Crippen LogP contribution in [-0.4, -0.2) is 39.4 Å². The fourth-order valence-electron chi connectivity index (χ4n) is 2.61. The number of nitrogens with zero attached hydrogens (tertiary/aromatic N) is 2. The Hall–Kier alpha value is -2.90. The lowest BCUT2D eigenvalue weighted by molar-refractivity contribution is -0.144. The summed E-state index contributed by atoms with van der Waals surface area (Å²) in [5.74, 6) is -1.50. The largest absolute Gasteiger partial charge is 0.478 e. The van der Waals surface area contributed by atoms with Gasteiger partial charge in [-0.25, -0.2) is 9.18 Å². The number of benzene rings is 1. The first kappa shape index (κ1) is 20.4. The van der Waals surface area contributed by atoms with Gasteiger partial charge in [0, 0.05) is 6.54 Å². The van der Waals surface area contributed by atoms with Gasteiger partial charge in [-0.15, -0.1) is 0 Å². The molecule has 0 spiro atoms. The molecule has 146 valence electrons. The van der Waals surface area contributed by atoms with Gasteiger partial charge < -0.3 is 15.2 Å². The van der Waals surface area contributed by atoms with Gasteiger partial charge in [-0.3, -0.25) is 9.48 Å². The molecule has 0 saturated carbocycles. The van der Waals surface area contributed by atoms with E-state index in [1.807, 2.05) is 6.92 Å². The minimum Gasteiger partial charge on any atom is -0.478 e. The summed E-state index contributed by atoms with van der Waals surface area (Å²) in [5.41, 5.74) is 1.22. The lowest BCUT2D eigenvalue weighted by atomic mass is 10.1. The van der Waals surface area contributed by atoms with Gasteiger partial charge in [0.2, 0.25) is 6.10 Å². The molecule has 0 radical (unpaired) electrons. The zero-order valence-electron chi connectivity index (χ0n) is 15.6. The Bertz CT molecular complexity index is 787. The molecule has 1 unspecified atom stereocenters. The number of aliphatic carboxylic acids is 1. The van der Waals surface area contributed by atoms with Crippen molar-refractivity contribution in [1.29, 1.82) is 0 Å². The van der Waals surface area contributed by atoms with Crippen LogP contribution in [0.4, 0.5) is 4.39 Å². The molecule has 2 rings (SSSR count). The van der Waals surface area contributed by atoms with E-state index in [4.69, 9.17) is 4.74 Å². The summed E-state index contributed by atoms with van der Waals surface area (Å²) in [6.07, 6.45) is 0.826. The van der Waals surface area contributed by atoms with Crippen molar-refractivity contribution in [3.05, 3.63) is 47.5 Å². The minimum absolute atomic E-state index is 0.206. The molecular formula is C19H24FN3O4. The molecule has 2 aromatic rings. The number of halogens is 1. The second kappa shape index (κ2) is 9.16. The summed E-state index contributed by atoms with van der Waals surface area (Å²) >= 11 is 0. The number of nitrogens with one attached hydrogen (secondary N) is 1. The maximum absolute atomic E-state index is 12.9. The van der Waals surface area contributed by atoms with E-state index in [0.717, 1.165) is 5.69 Å². The van der Waals surface area contributed by atoms with Gasteiger partial charge in [-0.1, -0.05) is 20.8 Å². The first-order valence-corrected chi connectivity index (χ1v) is 8.79. The molecule has 1 amide bonds. The number of ether oxygens (including phenoxy) is 1. The second-order valence-electron chi connectivity index (χ2n) is 6.54. The van der Waals surface area contributed by atoms with E-state index in [-0.39, 0.29) is 12.3 Å². The summed E-state index contributed by atoms with van der Waals surface area (Å²) in [6, 6.07) is 5.00. The van der Waals surface area contributed by atoms with Gasteiger partial charge in [0.25, 0.3) is 5.91 Å². The average molecular weight is 377 g/mol. The van der Waals surface area contributed by atoms with Crippen LogP contribution in [0.5, 0.6) is 5.75 Å². The Balaban J connectivity index is 2.04. The van der Waals surface area contributed by atoms with Gasteiger partial charge in [-0.2, -0.15) is 5.10 Å². The van der Waals surface area contributed by atoms with E-state index >= 15 is 0 Å². The van der Waals surface area contributed by atoms with E-state index in [0.29, 0.717) is 24.4 Å². The van der Waals surface area contributed by atoms with Crippen molar-refractivity contribution < 1.29 is 23.8 Å². The van der Waals surface area contributed by atoms with Crippen LogP contribution < -0.4 is 10.1 Å². The third kappa shape index (κ3) is 5.54. The highest BCUT2D eigenvalue weighted by molar-refractivity contribution is 5.95. The third-order valence-corrected chi connectivity index (χ3v) is 3.88. The van der Waals surface area contributed by atoms with E-state index in [1.54, 1.807) is 4.68 Å². The first-order valence-electron chi connectivity index (χ1n) is 8.79. The topological polar surface area (TPSA) is 93.4 Å². The summed E-state index contributed by atoms with van der Waals surface area (Å²) in [5, 5.41) is 16.2. The molecule has 0 bridgehead atoms. The van der Waals surface area contributed by atoms with Crippen molar-refractivity contribution in [3.8, 4) is 5.75 Å². The van der Waals surface area contributed by atoms with Gasteiger partial charge in [0.05, 0.1) is 24.0 Å². The Kier molecular flexibility index (Phi) is 6.92. The fraction of sp³-hybridized carbons (Fsp3) is 0.421. The monoisotopic (exact) mass is 377 g/mol. The number of hydrogen-bond acceptors (Lipinski definition) is 4. The molecule has 0 fully saturated rings. The normalized spacial score (nSPS) is 12.0. The first-order chi connectivity index (χ1) is 12.8. The maximum Gasteiger partial charge on any atom is 0.346 e. The highest BCUT2D eigenvalue weighted by Gasteiger charge is 2.23. The molecular weight excluding hydrogens is 353 g/mol. The summed E-state index contributed by atoms with van der Waals surface area (Å²) in [6.45, 7) is 6.52. The van der Waals surface area contributed by atoms with Crippen LogP contribution in [0, 0.1) is 11.7 Å². The molecule has 8 heteroatoms. The molecule has 1 heterocycles. The van der Waals surface area contributed by atoms with Crippen LogP contribution in [0.1, 0.15) is 36.8 Å². The molecule has 7 nitrogen and oxygen atoms in total. The predicted molar refractivity (Wildman–Crippen MR) is 97.2 cm³/mol. The number of carbonyl (C=O) groups excluding carboxylic acids is 1. The standard InChI is InChI=1S/C19H24FN3O4/c1-4-16-15(9-22-23(16)11-12(2)3)18(24)21-10-17(19(25)26)27-14-7-5-13(20)6-8-14/h5-9,12,17H,4,10-11H2,1-3H3,(H,21,24)(H,25,26). The number of rotatable bonds is 9. The zero-order valence-corrected chi connectivity index (χ0v) is 15.6. The zero-order chi connectivity index (χ0) is 20.0. The Morgan fingerprint density at radius 3 is 2.52 bits per heavy atom. The Labute approximate surface area is 157 Å². The maximum atomic E-state index is 12.9. The highest BCUT2D eigenvalue weighted by Crippen LogP contribution is 2.14. The van der Waals surface area contributed by atoms with E-state index in [2.05, 4.69) is 24.3 Å². The minimum atomic E-state index is -1.30. The highest BCUT2D eigenvalue weighted by atomic mass is 19.1. The van der Waals surface area contributed by atoms with Gasteiger partial charge in [0.1, 0.15) is 11.6 Å². The van der Waals surface area contributed by atoms with E-state index in [9.17, 15) is 19.1 Å². The lowest BCUT2D eigenvalue weighted by Gasteiger charge is -2.16. The molecule has 2 N–H and O–H groups in total. The Morgan fingerprint density at radius 1 is 1.30 bits per heavy atom. The second-order valence-corrected chi connectivity index (χ2v) is 6.54. The van der Waals surface area contributed by atoms with Crippen LogP contribution in [0.2, 0.25) is 0 Å². The number of carboxylic acid groups (broad SMARTS) is 1. The van der Waals surface area contributed by atoms with Gasteiger partial charge in [-0.05, 0) is 36.6 Å². The molecule has 0 saturated heterocycles. The number of carbonyl (C=O) groups is 2. The molecule has 27 heavy (non-hydrogen) atoms. The van der Waals surface area contributed by atoms with Crippen molar-refractivity contribution >= 4 is 11.9 Å². The van der Waals surface area contributed by atoms with Crippen LogP contribution in [0.25, 0.3) is 0 Å². The van der Waals surface area contributed by atoms with Gasteiger partial charge >= 0.3 is 5.97 Å². The summed E-state index contributed by atoms with van der Waals surface area (Å²) < 4.78 is 20.1. The van der Waals surface area contributed by atoms with Crippen molar-refractivity contribution in [2.45, 2.75) is 39.8 Å². The van der Waals surface area contributed by atoms with Crippen molar-refractivity contribution in [1.82, 2.24) is 15.1 Å². The van der Waals surface area contributed by atoms with Crippen LogP contribution in [0.3, 0.4) is 0 Å². The summed E-state index contributed by atoms with van der Waals surface area (Å²) in [4.78, 5) is 23.9. The van der Waals surface area contributed by atoms with Crippen molar-refractivity contribution in [2.75, 3.05) is 6.54 Å². The quantitative estimate of drug-likeness (QED) is 0.700. The SMILES string of the molecule is CCc1c(C(=O)NCC(Oc2ccc(F)cc2)C(=O)O)cnn1CC(C)C. The molecule has 1 atom stereocenters. The number of hydrogen-bond donors (Lipinski definition) is 2. The Morgan fingerprint density at radius 2 is 1.96 bits per heavy atom. The third-order valence-electron chi connectivity index (χ3n) is 3.88. The predicted octanol–water partition coefficient (Wildman–Crippen LogP) is 2.50. The number of aromatic nitrogens is 2. The molecule has 1 aromatic heterocycles. The molecule has 1 aromatic carbocycles. The molecule has 0 aliphatic carbocycles. The molecule has 0 aliphatic heterocycles. The van der Waals surface area contributed by atoms with Crippen LogP contribution in [-0.2, 0) is 17.8 Å². The van der Waals surface area contributed by atoms with Crippen LogP contribution >= 0.6 is 0 Å². The van der Waals surface area contributed by atoms with Gasteiger partial charge in [0.15, 0.2) is 0 Å². The van der Waals surface area contributed by atoms with E-state index in [1.165, 1.54) is 30.5 Å². The smallest absolute Gasteiger partial charge is 0.346 e. The van der Waals surface area contributed by atoms with Crippen LogP contribution in [0.15, 0.2) is 30.5 Å². The summed E-state index contributed by atoms with van der Waals surface area (Å²) in [7, 11) is 0. The molecule has 0 aliphatic rings. The lowest BCUT2D eigenvalue weighted by Crippen LogP contribution is -2.40. The van der Waals surface area contributed by atoms with Crippen molar-refractivity contribution in [3.63, 3.8) is 0 Å². The number of amides is 1. The average Bonchev–Trinajstić information content (AvgIpc) is 3.01. The van der Waals surface area contributed by atoms with Crippen molar-refractivity contribution in [2.24, 2.45) is 5.92 Å². The van der Waals surface area contributed by atoms with E-state index < -0.39 is 23.8 Å². The number of carboxylic acids is 1.